The minimum absolute atomic E-state index is 0.511. The largest absolute Gasteiger partial charge is 0.164 e. The first-order chi connectivity index (χ1) is 9.91. The van der Waals surface area contributed by atoms with Crippen molar-refractivity contribution in [2.45, 2.75) is 92.9 Å². The van der Waals surface area contributed by atoms with Crippen molar-refractivity contribution < 1.29 is 0 Å². The van der Waals surface area contributed by atoms with E-state index in [9.17, 15) is 0 Å². The van der Waals surface area contributed by atoms with Gasteiger partial charge in [0.05, 0.1) is 0 Å². The van der Waals surface area contributed by atoms with Crippen LogP contribution in [0.2, 0.25) is 0 Å². The predicted molar refractivity (Wildman–Crippen MR) is 97.4 cm³/mol. The molecule has 0 saturated carbocycles. The van der Waals surface area contributed by atoms with Gasteiger partial charge < -0.3 is 0 Å². The van der Waals surface area contributed by atoms with Crippen LogP contribution in [0.5, 0.6) is 0 Å². The Morgan fingerprint density at radius 3 is 2.24 bits per heavy atom. The first-order valence-corrected chi connectivity index (χ1v) is 8.92. The van der Waals surface area contributed by atoms with Crippen LogP contribution < -0.4 is 0 Å². The van der Waals surface area contributed by atoms with Crippen molar-refractivity contribution in [3.05, 3.63) is 0 Å². The predicted octanol–water partition coefficient (Wildman–Crippen LogP) is 6.50. The van der Waals surface area contributed by atoms with Gasteiger partial charge in [0.2, 0.25) is 0 Å². The van der Waals surface area contributed by atoms with Gasteiger partial charge in [0, 0.05) is 12.4 Å². The molecule has 0 N–H and O–H groups in total. The molecule has 0 radical (unpaired) electrons. The van der Waals surface area contributed by atoms with Gasteiger partial charge in [-0.2, -0.15) is 10.2 Å². The molecular formula is C19H38N2. The Kier molecular flexibility index (Phi) is 11.6. The second-order valence-electron chi connectivity index (χ2n) is 7.43. The van der Waals surface area contributed by atoms with E-state index >= 15 is 0 Å². The molecule has 2 unspecified atom stereocenters. The number of hydrogen-bond donors (Lipinski definition) is 0. The zero-order valence-corrected chi connectivity index (χ0v) is 15.4. The third-order valence-corrected chi connectivity index (χ3v) is 4.51. The number of unbranched alkanes of at least 4 members (excludes halogenated alkanes) is 1. The molecule has 0 aromatic rings. The molecule has 0 aliphatic heterocycles. The smallest absolute Gasteiger partial charge is 0.0298 e. The minimum Gasteiger partial charge on any atom is -0.164 e. The number of rotatable bonds is 12. The molecule has 0 saturated heterocycles. The van der Waals surface area contributed by atoms with Crippen LogP contribution in [0.15, 0.2) is 10.2 Å². The van der Waals surface area contributed by atoms with Crippen LogP contribution in [0.25, 0.3) is 0 Å². The van der Waals surface area contributed by atoms with Gasteiger partial charge in [0.15, 0.2) is 0 Å². The fourth-order valence-electron chi connectivity index (χ4n) is 2.62. The average molecular weight is 295 g/mol. The van der Waals surface area contributed by atoms with Crippen molar-refractivity contribution in [2.75, 3.05) is 0 Å². The average Bonchev–Trinajstić information content (AvgIpc) is 2.43. The maximum absolute atomic E-state index is 4.03. The van der Waals surface area contributed by atoms with Crippen molar-refractivity contribution in [3.63, 3.8) is 0 Å². The van der Waals surface area contributed by atoms with Gasteiger partial charge in [-0.05, 0) is 43.4 Å². The number of nitrogens with zero attached hydrogens (tertiary/aromatic N) is 2. The molecule has 0 heterocycles. The van der Waals surface area contributed by atoms with E-state index in [1.165, 1.54) is 51.4 Å². The van der Waals surface area contributed by atoms with E-state index in [0.717, 1.165) is 5.92 Å². The quantitative estimate of drug-likeness (QED) is 0.223. The van der Waals surface area contributed by atoms with Crippen molar-refractivity contribution in [1.29, 1.82) is 0 Å². The molecule has 0 amide bonds. The maximum atomic E-state index is 4.03. The zero-order valence-electron chi connectivity index (χ0n) is 15.4. The lowest BCUT2D eigenvalue weighted by Gasteiger charge is -2.25. The van der Waals surface area contributed by atoms with Gasteiger partial charge in [0.25, 0.3) is 0 Å². The van der Waals surface area contributed by atoms with Crippen LogP contribution in [0.1, 0.15) is 92.9 Å². The molecule has 0 rings (SSSR count). The van der Waals surface area contributed by atoms with Gasteiger partial charge in [-0.15, -0.1) is 0 Å². The van der Waals surface area contributed by atoms with E-state index in [2.05, 4.69) is 44.8 Å². The van der Waals surface area contributed by atoms with E-state index in [4.69, 9.17) is 0 Å². The van der Waals surface area contributed by atoms with Gasteiger partial charge in [-0.3, -0.25) is 0 Å². The molecule has 0 bridgehead atoms. The minimum atomic E-state index is 0.511. The monoisotopic (exact) mass is 294 g/mol. The normalized spacial score (nSPS) is 15.9. The highest BCUT2D eigenvalue weighted by Gasteiger charge is 2.17. The Morgan fingerprint density at radius 1 is 0.952 bits per heavy atom. The molecule has 0 aliphatic carbocycles. The summed E-state index contributed by atoms with van der Waals surface area (Å²) in [7, 11) is 0. The van der Waals surface area contributed by atoms with Gasteiger partial charge >= 0.3 is 0 Å². The highest BCUT2D eigenvalue weighted by molar-refractivity contribution is 5.61. The molecule has 124 valence electrons. The summed E-state index contributed by atoms with van der Waals surface area (Å²) in [6.07, 6.45) is 14.4. The summed E-state index contributed by atoms with van der Waals surface area (Å²) in [6.45, 7) is 13.7. The van der Waals surface area contributed by atoms with E-state index in [0.29, 0.717) is 11.3 Å². The van der Waals surface area contributed by atoms with Crippen molar-refractivity contribution in [1.82, 2.24) is 0 Å². The molecule has 0 spiro atoms. The van der Waals surface area contributed by atoms with Gasteiger partial charge in [-0.1, -0.05) is 66.7 Å². The van der Waals surface area contributed by atoms with Crippen LogP contribution in [-0.4, -0.2) is 12.4 Å². The van der Waals surface area contributed by atoms with Gasteiger partial charge in [0.1, 0.15) is 0 Å². The maximum Gasteiger partial charge on any atom is 0.0298 e. The summed E-state index contributed by atoms with van der Waals surface area (Å²) >= 11 is 0. The van der Waals surface area contributed by atoms with Crippen LogP contribution in [0, 0.1) is 17.3 Å². The number of hydrogen-bond acceptors (Lipinski definition) is 2. The summed E-state index contributed by atoms with van der Waals surface area (Å²) in [6, 6.07) is 0. The molecular weight excluding hydrogens is 256 g/mol. The molecule has 2 heteroatoms. The third-order valence-electron chi connectivity index (χ3n) is 4.51. The lowest BCUT2D eigenvalue weighted by atomic mass is 9.81. The van der Waals surface area contributed by atoms with Crippen LogP contribution in [0.3, 0.4) is 0 Å². The Labute approximate surface area is 133 Å². The van der Waals surface area contributed by atoms with Crippen LogP contribution in [0.4, 0.5) is 0 Å². The standard InChI is InChI=1S/C19H38N2/c1-7-17(3)13-11-15-19(5,6)14-10-9-12-18(4)16-21-20-8-2/h8,16-18H,7,9-15H2,1-6H3/b20-8-,21-16-. The molecule has 2 nitrogen and oxygen atoms in total. The molecule has 0 aromatic heterocycles. The van der Waals surface area contributed by atoms with E-state index < -0.39 is 0 Å². The Bertz CT molecular complexity index is 292. The van der Waals surface area contributed by atoms with E-state index in [1.54, 1.807) is 6.21 Å². The Morgan fingerprint density at radius 2 is 1.62 bits per heavy atom. The molecule has 0 aliphatic rings. The van der Waals surface area contributed by atoms with E-state index in [-0.39, 0.29) is 0 Å². The summed E-state index contributed by atoms with van der Waals surface area (Å²) in [4.78, 5) is 0. The van der Waals surface area contributed by atoms with Crippen molar-refractivity contribution in [3.8, 4) is 0 Å². The third kappa shape index (κ3) is 12.8. The first-order valence-electron chi connectivity index (χ1n) is 8.92. The molecule has 0 aromatic carbocycles. The SMILES string of the molecule is C/C=N\N=C/C(C)CCCCC(C)(C)CCCC(C)CC. The Balaban J connectivity index is 3.73. The van der Waals surface area contributed by atoms with E-state index in [1.807, 2.05) is 13.1 Å². The summed E-state index contributed by atoms with van der Waals surface area (Å²) in [5.41, 5.74) is 0.511. The molecule has 21 heavy (non-hydrogen) atoms. The second kappa shape index (κ2) is 11.9. The summed E-state index contributed by atoms with van der Waals surface area (Å²) in [5.74, 6) is 1.44. The molecule has 2 atom stereocenters. The van der Waals surface area contributed by atoms with Crippen molar-refractivity contribution in [2.24, 2.45) is 27.5 Å². The van der Waals surface area contributed by atoms with Crippen LogP contribution >= 0.6 is 0 Å². The molecule has 0 fully saturated rings. The van der Waals surface area contributed by atoms with Crippen LogP contribution in [-0.2, 0) is 0 Å². The lowest BCUT2D eigenvalue weighted by molar-refractivity contribution is 0.274. The first kappa shape index (κ1) is 20.3. The zero-order chi connectivity index (χ0) is 16.1. The highest BCUT2D eigenvalue weighted by atomic mass is 15.2. The summed E-state index contributed by atoms with van der Waals surface area (Å²) in [5, 5.41) is 7.91. The van der Waals surface area contributed by atoms with Crippen molar-refractivity contribution >= 4 is 12.4 Å². The second-order valence-corrected chi connectivity index (χ2v) is 7.43. The fraction of sp³-hybridized carbons (Fsp3) is 0.895. The van der Waals surface area contributed by atoms with Gasteiger partial charge in [-0.25, -0.2) is 0 Å². The highest BCUT2D eigenvalue weighted by Crippen LogP contribution is 2.31. The summed E-state index contributed by atoms with van der Waals surface area (Å²) < 4.78 is 0. The fourth-order valence-corrected chi connectivity index (χ4v) is 2.62. The topological polar surface area (TPSA) is 24.7 Å². The Hall–Kier alpha value is -0.660. The lowest BCUT2D eigenvalue weighted by Crippen LogP contribution is -2.12.